The standard InChI is InChI=1S/C20H13FN2O3S/c1-2-10-23-19-14(21)4-3-5-17(19)27-20(23)22-18(24)9-7-13-6-8-15-16(11-13)26-12-25-15/h1,3-9,11H,10,12H2/b9-7-,22-20?. The normalized spacial score (nSPS) is 13.4. The molecule has 4 rings (SSSR count). The summed E-state index contributed by atoms with van der Waals surface area (Å²) in [6, 6.07) is 10.1. The molecule has 0 fully saturated rings. The summed E-state index contributed by atoms with van der Waals surface area (Å²) >= 11 is 1.21. The zero-order valence-electron chi connectivity index (χ0n) is 14.0. The molecule has 0 saturated heterocycles. The lowest BCUT2D eigenvalue weighted by Crippen LogP contribution is -2.16. The van der Waals surface area contributed by atoms with Gasteiger partial charge in [-0.1, -0.05) is 29.4 Å². The first-order valence-electron chi connectivity index (χ1n) is 8.03. The van der Waals surface area contributed by atoms with E-state index in [1.54, 1.807) is 30.3 Å². The molecule has 5 nitrogen and oxygen atoms in total. The molecule has 2 aromatic carbocycles. The summed E-state index contributed by atoms with van der Waals surface area (Å²) in [5, 5.41) is 0. The van der Waals surface area contributed by atoms with E-state index in [2.05, 4.69) is 10.9 Å². The maximum Gasteiger partial charge on any atom is 0.272 e. The topological polar surface area (TPSA) is 52.8 Å². The van der Waals surface area contributed by atoms with Crippen LogP contribution in [0, 0.1) is 18.2 Å². The van der Waals surface area contributed by atoms with Gasteiger partial charge in [0.05, 0.1) is 16.8 Å². The molecule has 0 bridgehead atoms. The lowest BCUT2D eigenvalue weighted by atomic mass is 10.2. The molecule has 0 aliphatic carbocycles. The van der Waals surface area contributed by atoms with Crippen LogP contribution >= 0.6 is 11.3 Å². The summed E-state index contributed by atoms with van der Waals surface area (Å²) in [6.07, 6.45) is 8.37. The molecule has 0 N–H and O–H groups in total. The van der Waals surface area contributed by atoms with Crippen LogP contribution in [0.4, 0.5) is 4.39 Å². The van der Waals surface area contributed by atoms with Crippen LogP contribution in [0.1, 0.15) is 5.56 Å². The molecule has 1 amide bonds. The molecule has 3 aromatic rings. The van der Waals surface area contributed by atoms with E-state index in [9.17, 15) is 9.18 Å². The van der Waals surface area contributed by atoms with Crippen molar-refractivity contribution < 1.29 is 18.7 Å². The van der Waals surface area contributed by atoms with E-state index in [1.807, 2.05) is 6.07 Å². The Bertz CT molecular complexity index is 1180. The summed E-state index contributed by atoms with van der Waals surface area (Å²) in [5.41, 5.74) is 1.13. The smallest absolute Gasteiger partial charge is 0.272 e. The van der Waals surface area contributed by atoms with Crippen molar-refractivity contribution in [2.24, 2.45) is 4.99 Å². The SMILES string of the molecule is C#CCn1c(=NC(=O)/C=C\c2ccc3c(c2)OCO3)sc2cccc(F)c21. The molecule has 2 heterocycles. The van der Waals surface area contributed by atoms with Crippen LogP contribution in [-0.2, 0) is 11.3 Å². The third kappa shape index (κ3) is 3.35. The van der Waals surface area contributed by atoms with Gasteiger partial charge in [0.25, 0.3) is 5.91 Å². The Labute approximate surface area is 158 Å². The Hall–Kier alpha value is -3.37. The third-order valence-electron chi connectivity index (χ3n) is 3.92. The van der Waals surface area contributed by atoms with E-state index in [0.717, 1.165) is 5.56 Å². The number of hydrogen-bond acceptors (Lipinski definition) is 4. The molecule has 27 heavy (non-hydrogen) atoms. The molecular formula is C20H13FN2O3S. The quantitative estimate of drug-likeness (QED) is 0.517. The first kappa shape index (κ1) is 17.1. The monoisotopic (exact) mass is 380 g/mol. The number of terminal acetylenes is 1. The van der Waals surface area contributed by atoms with Gasteiger partial charge >= 0.3 is 0 Å². The van der Waals surface area contributed by atoms with Crippen LogP contribution in [0.2, 0.25) is 0 Å². The summed E-state index contributed by atoms with van der Waals surface area (Å²) in [5.74, 6) is 2.91. The maximum absolute atomic E-state index is 14.2. The fourth-order valence-corrected chi connectivity index (χ4v) is 3.78. The van der Waals surface area contributed by atoms with Crippen molar-refractivity contribution in [2.75, 3.05) is 6.79 Å². The highest BCUT2D eigenvalue weighted by molar-refractivity contribution is 7.16. The van der Waals surface area contributed by atoms with E-state index in [4.69, 9.17) is 15.9 Å². The lowest BCUT2D eigenvalue weighted by Gasteiger charge is -2.00. The van der Waals surface area contributed by atoms with Gasteiger partial charge in [-0.15, -0.1) is 6.42 Å². The van der Waals surface area contributed by atoms with Crippen LogP contribution in [0.15, 0.2) is 47.5 Å². The summed E-state index contributed by atoms with van der Waals surface area (Å²) < 4.78 is 26.9. The maximum atomic E-state index is 14.2. The number of fused-ring (bicyclic) bond motifs is 2. The van der Waals surface area contributed by atoms with Crippen LogP contribution in [-0.4, -0.2) is 17.3 Å². The number of rotatable bonds is 3. The highest BCUT2D eigenvalue weighted by atomic mass is 32.1. The van der Waals surface area contributed by atoms with Gasteiger partial charge in [0.15, 0.2) is 16.3 Å². The number of para-hydroxylation sites is 1. The van der Waals surface area contributed by atoms with E-state index in [1.165, 1.54) is 28.0 Å². The summed E-state index contributed by atoms with van der Waals surface area (Å²) in [6.45, 7) is 0.313. The highest BCUT2D eigenvalue weighted by Crippen LogP contribution is 2.32. The number of thiazole rings is 1. The van der Waals surface area contributed by atoms with Gasteiger partial charge < -0.3 is 14.0 Å². The Morgan fingerprint density at radius 3 is 3.04 bits per heavy atom. The number of amides is 1. The second-order valence-electron chi connectivity index (χ2n) is 5.66. The first-order chi connectivity index (χ1) is 13.2. The number of benzene rings is 2. The zero-order chi connectivity index (χ0) is 18.8. The number of aromatic nitrogens is 1. The highest BCUT2D eigenvalue weighted by Gasteiger charge is 2.13. The molecule has 7 heteroatoms. The molecular weight excluding hydrogens is 367 g/mol. The Morgan fingerprint density at radius 1 is 1.33 bits per heavy atom. The van der Waals surface area contributed by atoms with Gasteiger partial charge in [0.1, 0.15) is 5.82 Å². The number of hydrogen-bond donors (Lipinski definition) is 0. The minimum Gasteiger partial charge on any atom is -0.454 e. The number of carbonyl (C=O) groups excluding carboxylic acids is 1. The van der Waals surface area contributed by atoms with Crippen LogP contribution in [0.3, 0.4) is 0 Å². The minimum atomic E-state index is -0.467. The van der Waals surface area contributed by atoms with E-state index in [0.29, 0.717) is 26.5 Å². The molecule has 1 aromatic heterocycles. The van der Waals surface area contributed by atoms with Gasteiger partial charge in [-0.25, -0.2) is 4.39 Å². The Morgan fingerprint density at radius 2 is 2.19 bits per heavy atom. The van der Waals surface area contributed by atoms with Crippen molar-refractivity contribution in [1.29, 1.82) is 0 Å². The van der Waals surface area contributed by atoms with Crippen molar-refractivity contribution in [3.8, 4) is 23.8 Å². The van der Waals surface area contributed by atoms with Crippen molar-refractivity contribution in [1.82, 2.24) is 4.57 Å². The summed E-state index contributed by atoms with van der Waals surface area (Å²) in [4.78, 5) is 16.7. The molecule has 0 atom stereocenters. The molecule has 0 spiro atoms. The number of halogens is 1. The number of ether oxygens (including phenoxy) is 2. The lowest BCUT2D eigenvalue weighted by molar-refractivity contribution is -0.113. The Kier molecular flexibility index (Phi) is 4.48. The molecule has 0 unspecified atom stereocenters. The zero-order valence-corrected chi connectivity index (χ0v) is 14.8. The predicted octanol–water partition coefficient (Wildman–Crippen LogP) is 3.34. The summed E-state index contributed by atoms with van der Waals surface area (Å²) in [7, 11) is 0. The van der Waals surface area contributed by atoms with Gasteiger partial charge in [-0.3, -0.25) is 4.79 Å². The molecule has 0 radical (unpaired) electrons. The minimum absolute atomic E-state index is 0.124. The molecule has 134 valence electrons. The van der Waals surface area contributed by atoms with E-state index < -0.39 is 11.7 Å². The van der Waals surface area contributed by atoms with E-state index in [-0.39, 0.29) is 13.3 Å². The van der Waals surface area contributed by atoms with Gasteiger partial charge in [0.2, 0.25) is 6.79 Å². The van der Waals surface area contributed by atoms with Crippen LogP contribution in [0.25, 0.3) is 16.3 Å². The van der Waals surface area contributed by atoms with Gasteiger partial charge in [-0.05, 0) is 35.9 Å². The van der Waals surface area contributed by atoms with E-state index >= 15 is 0 Å². The number of carbonyl (C=O) groups is 1. The largest absolute Gasteiger partial charge is 0.454 e. The second kappa shape index (κ2) is 7.09. The van der Waals surface area contributed by atoms with Crippen molar-refractivity contribution in [3.63, 3.8) is 0 Å². The average Bonchev–Trinajstić information content (AvgIpc) is 3.25. The Balaban J connectivity index is 1.67. The molecule has 1 aliphatic heterocycles. The first-order valence-corrected chi connectivity index (χ1v) is 8.85. The van der Waals surface area contributed by atoms with Crippen molar-refractivity contribution in [2.45, 2.75) is 6.54 Å². The predicted molar refractivity (Wildman–Crippen MR) is 101 cm³/mol. The van der Waals surface area contributed by atoms with Crippen molar-refractivity contribution in [3.05, 3.63) is 58.7 Å². The van der Waals surface area contributed by atoms with Crippen LogP contribution < -0.4 is 14.3 Å². The fraction of sp³-hybridized carbons (Fsp3) is 0.100. The van der Waals surface area contributed by atoms with Crippen molar-refractivity contribution >= 4 is 33.5 Å². The van der Waals surface area contributed by atoms with Crippen LogP contribution in [0.5, 0.6) is 11.5 Å². The molecule has 0 saturated carbocycles. The molecule has 1 aliphatic rings. The average molecular weight is 380 g/mol. The fourth-order valence-electron chi connectivity index (χ4n) is 2.73. The second-order valence-corrected chi connectivity index (χ2v) is 6.67. The number of nitrogens with zero attached hydrogens (tertiary/aromatic N) is 2. The van der Waals surface area contributed by atoms with Gasteiger partial charge in [0, 0.05) is 6.08 Å². The van der Waals surface area contributed by atoms with Gasteiger partial charge in [-0.2, -0.15) is 4.99 Å². The third-order valence-corrected chi connectivity index (χ3v) is 4.97.